The Morgan fingerprint density at radius 3 is 2.89 bits per heavy atom. The van der Waals surface area contributed by atoms with Crippen LogP contribution in [0.4, 0.5) is 5.69 Å². The molecule has 19 heavy (non-hydrogen) atoms. The second-order valence-electron chi connectivity index (χ2n) is 5.12. The van der Waals surface area contributed by atoms with Gasteiger partial charge in [-0.25, -0.2) is 0 Å². The molecule has 1 aliphatic heterocycles. The zero-order valence-electron chi connectivity index (χ0n) is 11.2. The number of aryl methyl sites for hydroxylation is 1. The molecule has 1 atom stereocenters. The molecule has 4 heteroatoms. The minimum atomic E-state index is 0.321. The predicted octanol–water partition coefficient (Wildman–Crippen LogP) is 2.53. The predicted molar refractivity (Wildman–Crippen MR) is 74.9 cm³/mol. The van der Waals surface area contributed by atoms with Crippen LogP contribution >= 0.6 is 0 Å². The summed E-state index contributed by atoms with van der Waals surface area (Å²) in [5, 5.41) is 13.2. The van der Waals surface area contributed by atoms with Crippen molar-refractivity contribution >= 4 is 5.69 Å². The lowest BCUT2D eigenvalue weighted by Gasteiger charge is -2.11. The summed E-state index contributed by atoms with van der Waals surface area (Å²) in [6.45, 7) is 0.930. The number of anilines is 1. The summed E-state index contributed by atoms with van der Waals surface area (Å²) >= 11 is 0. The molecular formula is C15H16N4. The van der Waals surface area contributed by atoms with E-state index < -0.39 is 0 Å². The van der Waals surface area contributed by atoms with Crippen molar-refractivity contribution in [2.45, 2.75) is 12.3 Å². The van der Waals surface area contributed by atoms with E-state index in [0.29, 0.717) is 12.3 Å². The van der Waals surface area contributed by atoms with E-state index in [4.69, 9.17) is 5.26 Å². The first-order chi connectivity index (χ1) is 9.19. The zero-order chi connectivity index (χ0) is 13.4. The number of aromatic nitrogens is 2. The molecule has 0 aliphatic carbocycles. The molecule has 3 rings (SSSR count). The van der Waals surface area contributed by atoms with Crippen LogP contribution in [0.25, 0.3) is 11.1 Å². The topological polar surface area (TPSA) is 44.9 Å². The molecule has 0 amide bonds. The van der Waals surface area contributed by atoms with Gasteiger partial charge in [-0.3, -0.25) is 4.68 Å². The summed E-state index contributed by atoms with van der Waals surface area (Å²) in [6, 6.07) is 8.77. The van der Waals surface area contributed by atoms with Crippen LogP contribution in [0.2, 0.25) is 0 Å². The highest BCUT2D eigenvalue weighted by molar-refractivity contribution is 5.70. The number of nitriles is 1. The maximum Gasteiger partial charge on any atom is 0.0628 e. The molecule has 96 valence electrons. The second kappa shape index (κ2) is 4.43. The first kappa shape index (κ1) is 11.8. The smallest absolute Gasteiger partial charge is 0.0628 e. The van der Waals surface area contributed by atoms with Gasteiger partial charge in [-0.2, -0.15) is 10.4 Å². The minimum absolute atomic E-state index is 0.321. The summed E-state index contributed by atoms with van der Waals surface area (Å²) < 4.78 is 1.81. The third kappa shape index (κ3) is 1.97. The summed E-state index contributed by atoms with van der Waals surface area (Å²) in [7, 11) is 4.00. The van der Waals surface area contributed by atoms with E-state index in [1.165, 1.54) is 16.8 Å². The number of nitrogens with zero attached hydrogens (tertiary/aromatic N) is 4. The third-order valence-electron chi connectivity index (χ3n) is 3.75. The van der Waals surface area contributed by atoms with E-state index in [2.05, 4.69) is 41.3 Å². The van der Waals surface area contributed by atoms with Crippen molar-refractivity contribution in [3.63, 3.8) is 0 Å². The Labute approximate surface area is 112 Å². The molecule has 0 saturated carbocycles. The third-order valence-corrected chi connectivity index (χ3v) is 3.75. The summed E-state index contributed by atoms with van der Waals surface area (Å²) in [6.07, 6.45) is 4.47. The molecule has 0 radical (unpaired) electrons. The van der Waals surface area contributed by atoms with E-state index in [0.717, 1.165) is 12.1 Å². The van der Waals surface area contributed by atoms with Crippen LogP contribution < -0.4 is 4.90 Å². The number of benzene rings is 1. The number of fused-ring (bicyclic) bond motifs is 1. The monoisotopic (exact) mass is 252 g/mol. The van der Waals surface area contributed by atoms with Crippen LogP contribution in [0.5, 0.6) is 0 Å². The number of hydrogen-bond acceptors (Lipinski definition) is 3. The molecule has 0 spiro atoms. The highest BCUT2D eigenvalue weighted by Crippen LogP contribution is 2.39. The van der Waals surface area contributed by atoms with Crippen LogP contribution in [-0.2, 0) is 7.05 Å². The van der Waals surface area contributed by atoms with E-state index in [1.807, 2.05) is 19.4 Å². The molecule has 4 nitrogen and oxygen atoms in total. The lowest BCUT2D eigenvalue weighted by molar-refractivity contribution is 0.740. The Balaban J connectivity index is 2.03. The Morgan fingerprint density at radius 2 is 2.21 bits per heavy atom. The highest BCUT2D eigenvalue weighted by Gasteiger charge is 2.26. The molecular weight excluding hydrogens is 236 g/mol. The van der Waals surface area contributed by atoms with Gasteiger partial charge in [-0.15, -0.1) is 0 Å². The maximum atomic E-state index is 8.95. The van der Waals surface area contributed by atoms with Crippen molar-refractivity contribution in [2.75, 3.05) is 18.5 Å². The van der Waals surface area contributed by atoms with Gasteiger partial charge in [-0.05, 0) is 23.3 Å². The maximum absolute atomic E-state index is 8.95. The molecule has 1 aliphatic rings. The minimum Gasteiger partial charge on any atom is -0.374 e. The number of likely N-dealkylation sites (N-methyl/N-ethyl adjacent to an activating group) is 1. The normalized spacial score (nSPS) is 17.3. The van der Waals surface area contributed by atoms with E-state index >= 15 is 0 Å². The molecule has 1 aromatic heterocycles. The molecule has 0 unspecified atom stereocenters. The highest BCUT2D eigenvalue weighted by atomic mass is 15.2. The van der Waals surface area contributed by atoms with Gasteiger partial charge in [0.05, 0.1) is 12.3 Å². The SMILES string of the molecule is CN1C[C@@H](CC#N)c2cc(-c3cnn(C)c3)ccc21. The van der Waals surface area contributed by atoms with Crippen molar-refractivity contribution in [1.29, 1.82) is 5.26 Å². The van der Waals surface area contributed by atoms with Crippen LogP contribution in [-0.4, -0.2) is 23.4 Å². The summed E-state index contributed by atoms with van der Waals surface area (Å²) in [5.74, 6) is 0.321. The van der Waals surface area contributed by atoms with Gasteiger partial charge in [0, 0.05) is 50.4 Å². The van der Waals surface area contributed by atoms with Gasteiger partial charge in [0.1, 0.15) is 0 Å². The summed E-state index contributed by atoms with van der Waals surface area (Å²) in [4.78, 5) is 2.23. The Kier molecular flexibility index (Phi) is 2.75. The first-order valence-corrected chi connectivity index (χ1v) is 6.40. The Bertz CT molecular complexity index is 650. The van der Waals surface area contributed by atoms with Crippen molar-refractivity contribution in [2.24, 2.45) is 7.05 Å². The molecule has 2 aromatic rings. The van der Waals surface area contributed by atoms with Crippen LogP contribution in [0.1, 0.15) is 17.9 Å². The van der Waals surface area contributed by atoms with Gasteiger partial charge in [-0.1, -0.05) is 6.07 Å². The first-order valence-electron chi connectivity index (χ1n) is 6.40. The average molecular weight is 252 g/mol. The van der Waals surface area contributed by atoms with Gasteiger partial charge in [0.25, 0.3) is 0 Å². The van der Waals surface area contributed by atoms with Crippen LogP contribution in [0, 0.1) is 11.3 Å². The number of hydrogen-bond donors (Lipinski definition) is 0. The van der Waals surface area contributed by atoms with E-state index in [-0.39, 0.29) is 0 Å². The lowest BCUT2D eigenvalue weighted by atomic mass is 9.95. The van der Waals surface area contributed by atoms with E-state index in [1.54, 1.807) is 4.68 Å². The quantitative estimate of drug-likeness (QED) is 0.825. The molecule has 0 saturated heterocycles. The lowest BCUT2D eigenvalue weighted by Crippen LogP contribution is -2.14. The van der Waals surface area contributed by atoms with Crippen LogP contribution in [0.15, 0.2) is 30.6 Å². The van der Waals surface area contributed by atoms with Crippen molar-refractivity contribution in [1.82, 2.24) is 9.78 Å². The van der Waals surface area contributed by atoms with Crippen molar-refractivity contribution in [3.05, 3.63) is 36.2 Å². The van der Waals surface area contributed by atoms with Gasteiger partial charge < -0.3 is 4.90 Å². The Hall–Kier alpha value is -2.28. The second-order valence-corrected chi connectivity index (χ2v) is 5.12. The largest absolute Gasteiger partial charge is 0.374 e. The molecule has 0 N–H and O–H groups in total. The van der Waals surface area contributed by atoms with Gasteiger partial charge in [0.2, 0.25) is 0 Å². The fourth-order valence-corrected chi connectivity index (χ4v) is 2.79. The van der Waals surface area contributed by atoms with Crippen LogP contribution in [0.3, 0.4) is 0 Å². The van der Waals surface area contributed by atoms with Gasteiger partial charge in [0.15, 0.2) is 0 Å². The van der Waals surface area contributed by atoms with Crippen molar-refractivity contribution in [3.8, 4) is 17.2 Å². The molecule has 0 fully saturated rings. The fraction of sp³-hybridized carbons (Fsp3) is 0.333. The summed E-state index contributed by atoms with van der Waals surface area (Å²) in [5.41, 5.74) is 4.82. The molecule has 0 bridgehead atoms. The van der Waals surface area contributed by atoms with E-state index in [9.17, 15) is 0 Å². The average Bonchev–Trinajstić information content (AvgIpc) is 2.95. The Morgan fingerprint density at radius 1 is 1.37 bits per heavy atom. The molecule has 2 heterocycles. The van der Waals surface area contributed by atoms with Crippen molar-refractivity contribution < 1.29 is 0 Å². The van der Waals surface area contributed by atoms with Gasteiger partial charge >= 0.3 is 0 Å². The fourth-order valence-electron chi connectivity index (χ4n) is 2.79. The number of rotatable bonds is 2. The standard InChI is InChI=1S/C15H16N4/c1-18-9-12(5-6-16)14-7-11(3-4-15(14)18)13-8-17-19(2)10-13/h3-4,7-8,10,12H,5,9H2,1-2H3/t12-/m1/s1. The zero-order valence-corrected chi connectivity index (χ0v) is 11.2. The molecule has 1 aromatic carbocycles.